The van der Waals surface area contributed by atoms with Gasteiger partial charge in [-0.05, 0) is 40.0 Å². The molecule has 20 heavy (non-hydrogen) atoms. The van der Waals surface area contributed by atoms with Crippen molar-refractivity contribution in [2.75, 3.05) is 5.73 Å². The first-order valence-corrected chi connectivity index (χ1v) is 6.60. The van der Waals surface area contributed by atoms with Crippen molar-refractivity contribution in [3.63, 3.8) is 0 Å². The maximum Gasteiger partial charge on any atom is 0.182 e. The van der Waals surface area contributed by atoms with Gasteiger partial charge in [0.25, 0.3) is 0 Å². The zero-order valence-corrected chi connectivity index (χ0v) is 12.3. The SMILES string of the molecule is CC(Cn1nnnc1-c1cc(N)cc(F)c1)C(C)(C)C. The lowest BCUT2D eigenvalue weighted by Crippen LogP contribution is -2.23. The summed E-state index contributed by atoms with van der Waals surface area (Å²) in [5.41, 5.74) is 6.76. The summed E-state index contributed by atoms with van der Waals surface area (Å²) in [6.45, 7) is 9.32. The Morgan fingerprint density at radius 1 is 1.30 bits per heavy atom. The van der Waals surface area contributed by atoms with Gasteiger partial charge in [-0.15, -0.1) is 5.10 Å². The van der Waals surface area contributed by atoms with Gasteiger partial charge >= 0.3 is 0 Å². The number of nitrogens with two attached hydrogens (primary N) is 1. The van der Waals surface area contributed by atoms with Gasteiger partial charge in [0.05, 0.1) is 0 Å². The monoisotopic (exact) mass is 277 g/mol. The van der Waals surface area contributed by atoms with Crippen LogP contribution in [0.25, 0.3) is 11.4 Å². The van der Waals surface area contributed by atoms with E-state index in [1.54, 1.807) is 10.7 Å². The predicted octanol–water partition coefficient (Wildman–Crippen LogP) is 2.74. The van der Waals surface area contributed by atoms with E-state index in [0.29, 0.717) is 29.5 Å². The van der Waals surface area contributed by atoms with Gasteiger partial charge in [-0.25, -0.2) is 9.07 Å². The second-order valence-electron chi connectivity index (χ2n) is 6.22. The fraction of sp³-hybridized carbons (Fsp3) is 0.500. The Balaban J connectivity index is 2.33. The molecule has 0 aliphatic carbocycles. The Kier molecular flexibility index (Phi) is 3.74. The molecule has 6 heteroatoms. The second-order valence-corrected chi connectivity index (χ2v) is 6.22. The Morgan fingerprint density at radius 3 is 2.60 bits per heavy atom. The van der Waals surface area contributed by atoms with Crippen LogP contribution in [0.15, 0.2) is 18.2 Å². The molecule has 1 unspecified atom stereocenters. The summed E-state index contributed by atoms with van der Waals surface area (Å²) in [7, 11) is 0. The van der Waals surface area contributed by atoms with Crippen molar-refractivity contribution in [1.29, 1.82) is 0 Å². The molecule has 0 saturated carbocycles. The Bertz CT molecular complexity index is 580. The molecule has 0 bridgehead atoms. The van der Waals surface area contributed by atoms with E-state index in [2.05, 4.69) is 43.2 Å². The second kappa shape index (κ2) is 5.19. The summed E-state index contributed by atoms with van der Waals surface area (Å²) >= 11 is 0. The first-order valence-electron chi connectivity index (χ1n) is 6.60. The Morgan fingerprint density at radius 2 is 2.00 bits per heavy atom. The first-order chi connectivity index (χ1) is 9.27. The van der Waals surface area contributed by atoms with E-state index in [4.69, 9.17) is 5.73 Å². The number of halogens is 1. The molecule has 0 aliphatic rings. The van der Waals surface area contributed by atoms with E-state index < -0.39 is 5.82 Å². The molecule has 1 aromatic carbocycles. The lowest BCUT2D eigenvalue weighted by atomic mass is 9.82. The molecule has 1 aromatic heterocycles. The van der Waals surface area contributed by atoms with Gasteiger partial charge in [-0.1, -0.05) is 27.7 Å². The van der Waals surface area contributed by atoms with E-state index in [1.807, 2.05) is 0 Å². The highest BCUT2D eigenvalue weighted by Crippen LogP contribution is 2.28. The fourth-order valence-corrected chi connectivity index (χ4v) is 1.81. The summed E-state index contributed by atoms with van der Waals surface area (Å²) < 4.78 is 15.1. The van der Waals surface area contributed by atoms with E-state index in [1.165, 1.54) is 12.1 Å². The van der Waals surface area contributed by atoms with Crippen LogP contribution >= 0.6 is 0 Å². The number of tetrazole rings is 1. The minimum absolute atomic E-state index is 0.143. The molecule has 2 N–H and O–H groups in total. The molecule has 2 rings (SSSR count). The van der Waals surface area contributed by atoms with Crippen molar-refractivity contribution in [3.8, 4) is 11.4 Å². The topological polar surface area (TPSA) is 69.6 Å². The van der Waals surface area contributed by atoms with Crippen molar-refractivity contribution in [3.05, 3.63) is 24.0 Å². The standard InChI is InChI=1S/C14H20FN5/c1-9(14(2,3)4)8-20-13(17-18-19-20)10-5-11(15)7-12(16)6-10/h5-7,9H,8,16H2,1-4H3. The van der Waals surface area contributed by atoms with Crippen molar-refractivity contribution in [2.45, 2.75) is 34.2 Å². The number of hydrogen-bond donors (Lipinski definition) is 1. The van der Waals surface area contributed by atoms with Crippen LogP contribution < -0.4 is 5.73 Å². The maximum atomic E-state index is 13.4. The molecule has 5 nitrogen and oxygen atoms in total. The van der Waals surface area contributed by atoms with Crippen LogP contribution in [-0.2, 0) is 6.54 Å². The largest absolute Gasteiger partial charge is 0.399 e. The zero-order chi connectivity index (χ0) is 14.9. The number of nitrogen functional groups attached to an aromatic ring is 1. The molecular formula is C14H20FN5. The van der Waals surface area contributed by atoms with Crippen LogP contribution in [0.1, 0.15) is 27.7 Å². The van der Waals surface area contributed by atoms with Gasteiger partial charge < -0.3 is 5.73 Å². The predicted molar refractivity (Wildman–Crippen MR) is 76.2 cm³/mol. The van der Waals surface area contributed by atoms with E-state index in [0.717, 1.165) is 0 Å². The van der Waals surface area contributed by atoms with Gasteiger partial charge in [0.15, 0.2) is 5.82 Å². The fourth-order valence-electron chi connectivity index (χ4n) is 1.81. The Hall–Kier alpha value is -1.98. The van der Waals surface area contributed by atoms with Gasteiger partial charge in [0.1, 0.15) is 5.82 Å². The molecule has 108 valence electrons. The maximum absolute atomic E-state index is 13.4. The van der Waals surface area contributed by atoms with Crippen molar-refractivity contribution in [2.24, 2.45) is 11.3 Å². The zero-order valence-electron chi connectivity index (χ0n) is 12.3. The Labute approximate surface area is 118 Å². The summed E-state index contributed by atoms with van der Waals surface area (Å²) in [5, 5.41) is 11.7. The third-order valence-electron chi connectivity index (χ3n) is 3.64. The highest BCUT2D eigenvalue weighted by molar-refractivity contribution is 5.61. The smallest absolute Gasteiger partial charge is 0.182 e. The molecule has 2 aromatic rings. The number of anilines is 1. The van der Waals surface area contributed by atoms with E-state index >= 15 is 0 Å². The summed E-state index contributed by atoms with van der Waals surface area (Å²) in [6.07, 6.45) is 0. The molecular weight excluding hydrogens is 257 g/mol. The molecule has 0 radical (unpaired) electrons. The molecule has 0 aliphatic heterocycles. The van der Waals surface area contributed by atoms with Crippen molar-refractivity contribution >= 4 is 5.69 Å². The lowest BCUT2D eigenvalue weighted by Gasteiger charge is -2.27. The van der Waals surface area contributed by atoms with Gasteiger partial charge in [-0.3, -0.25) is 0 Å². The molecule has 0 fully saturated rings. The third-order valence-corrected chi connectivity index (χ3v) is 3.64. The van der Waals surface area contributed by atoms with Crippen molar-refractivity contribution in [1.82, 2.24) is 20.2 Å². The van der Waals surface area contributed by atoms with Crippen LogP contribution in [0.5, 0.6) is 0 Å². The number of nitrogens with zero attached hydrogens (tertiary/aromatic N) is 4. The third kappa shape index (κ3) is 3.12. The quantitative estimate of drug-likeness (QED) is 0.876. The van der Waals surface area contributed by atoms with E-state index in [9.17, 15) is 4.39 Å². The average Bonchev–Trinajstić information content (AvgIpc) is 2.74. The van der Waals surface area contributed by atoms with E-state index in [-0.39, 0.29) is 5.41 Å². The first kappa shape index (κ1) is 14.4. The summed E-state index contributed by atoms with van der Waals surface area (Å²) in [5.74, 6) is 0.515. The van der Waals surface area contributed by atoms with Gasteiger partial charge in [0.2, 0.25) is 0 Å². The summed E-state index contributed by atoms with van der Waals surface area (Å²) in [6, 6.07) is 4.34. The lowest BCUT2D eigenvalue weighted by molar-refractivity contribution is 0.225. The van der Waals surface area contributed by atoms with Crippen LogP contribution in [0.3, 0.4) is 0 Å². The minimum atomic E-state index is -0.390. The van der Waals surface area contributed by atoms with Gasteiger partial charge in [0, 0.05) is 17.8 Å². The van der Waals surface area contributed by atoms with Crippen LogP contribution in [0.4, 0.5) is 10.1 Å². The number of hydrogen-bond acceptors (Lipinski definition) is 4. The molecule has 0 spiro atoms. The average molecular weight is 277 g/mol. The highest BCUT2D eigenvalue weighted by Gasteiger charge is 2.22. The normalized spacial score (nSPS) is 13.4. The number of aromatic nitrogens is 4. The summed E-state index contributed by atoms with van der Waals surface area (Å²) in [4.78, 5) is 0. The molecule has 0 amide bonds. The molecule has 1 atom stereocenters. The number of rotatable bonds is 3. The molecule has 0 saturated heterocycles. The number of benzene rings is 1. The van der Waals surface area contributed by atoms with Crippen LogP contribution in [0, 0.1) is 17.2 Å². The molecule has 1 heterocycles. The van der Waals surface area contributed by atoms with Gasteiger partial charge in [-0.2, -0.15) is 0 Å². The minimum Gasteiger partial charge on any atom is -0.399 e. The van der Waals surface area contributed by atoms with Crippen molar-refractivity contribution < 1.29 is 4.39 Å². The van der Waals surface area contributed by atoms with Crippen LogP contribution in [0.2, 0.25) is 0 Å². The van der Waals surface area contributed by atoms with Crippen LogP contribution in [-0.4, -0.2) is 20.2 Å². The highest BCUT2D eigenvalue weighted by atomic mass is 19.1.